The number of aliphatic hydroxyl groups is 1. The number of hydrogen-bond acceptors (Lipinski definition) is 6. The number of ether oxygens (including phenoxy) is 1. The predicted octanol–water partition coefficient (Wildman–Crippen LogP) is 2.09. The summed E-state index contributed by atoms with van der Waals surface area (Å²) in [6.07, 6.45) is 3.22. The number of amides is 1. The summed E-state index contributed by atoms with van der Waals surface area (Å²) >= 11 is 0. The molecule has 1 aliphatic carbocycles. The number of hydrogen-bond donors (Lipinski definition) is 1. The minimum atomic E-state index is -2.84. The molecule has 0 bridgehead atoms. The fourth-order valence-electron chi connectivity index (χ4n) is 4.73. The van der Waals surface area contributed by atoms with E-state index in [1.807, 2.05) is 0 Å². The van der Waals surface area contributed by atoms with Gasteiger partial charge in [-0.2, -0.15) is 13.9 Å². The molecule has 1 N–H and O–H groups in total. The Balaban J connectivity index is 1.23. The third-order valence-electron chi connectivity index (χ3n) is 6.84. The Hall–Kier alpha value is -3.25. The predicted molar refractivity (Wildman–Crippen MR) is 117 cm³/mol. The second kappa shape index (κ2) is 9.08. The number of alkyl halides is 2. The van der Waals surface area contributed by atoms with Crippen LogP contribution in [0.2, 0.25) is 0 Å². The van der Waals surface area contributed by atoms with Crippen molar-refractivity contribution in [3.63, 3.8) is 0 Å². The van der Waals surface area contributed by atoms with Gasteiger partial charge in [-0.1, -0.05) is 0 Å². The molecule has 35 heavy (non-hydrogen) atoms. The van der Waals surface area contributed by atoms with E-state index in [1.54, 1.807) is 4.90 Å². The van der Waals surface area contributed by atoms with Gasteiger partial charge in [0.25, 0.3) is 5.56 Å². The first-order chi connectivity index (χ1) is 16.7. The van der Waals surface area contributed by atoms with Gasteiger partial charge >= 0.3 is 6.61 Å². The van der Waals surface area contributed by atoms with E-state index < -0.39 is 18.3 Å². The monoisotopic (exact) mass is 491 g/mol. The van der Waals surface area contributed by atoms with Crippen LogP contribution >= 0.6 is 0 Å². The maximum absolute atomic E-state index is 13.2. The molecule has 12 heteroatoms. The van der Waals surface area contributed by atoms with E-state index >= 15 is 0 Å². The third kappa shape index (κ3) is 4.67. The molecule has 0 unspecified atom stereocenters. The molecular weight excluding hydrogens is 467 g/mol. The van der Waals surface area contributed by atoms with Gasteiger partial charge in [-0.05, 0) is 49.9 Å². The first kappa shape index (κ1) is 23.5. The summed E-state index contributed by atoms with van der Waals surface area (Å²) in [6, 6.07) is 5.64. The molecule has 3 heterocycles. The van der Waals surface area contributed by atoms with Gasteiger partial charge in [-0.3, -0.25) is 14.2 Å². The summed E-state index contributed by atoms with van der Waals surface area (Å²) in [6.45, 7) is -2.22. The summed E-state index contributed by atoms with van der Waals surface area (Å²) in [4.78, 5) is 31.6. The van der Waals surface area contributed by atoms with E-state index in [4.69, 9.17) is 0 Å². The maximum Gasteiger partial charge on any atom is 0.345 e. The van der Waals surface area contributed by atoms with Crippen LogP contribution in [-0.2, 0) is 16.1 Å². The Morgan fingerprint density at radius 2 is 1.89 bits per heavy atom. The smallest absolute Gasteiger partial charge is 0.345 e. The molecule has 0 radical (unpaired) electrons. The molecule has 1 aliphatic heterocycles. The molecule has 5 rings (SSSR count). The topological polar surface area (TPSA) is 102 Å². The molecule has 9 nitrogen and oxygen atoms in total. The van der Waals surface area contributed by atoms with Crippen LogP contribution in [0.3, 0.4) is 0 Å². The first-order valence-electron chi connectivity index (χ1n) is 11.4. The summed E-state index contributed by atoms with van der Waals surface area (Å²) < 4.78 is 45.0. The number of rotatable bonds is 6. The lowest BCUT2D eigenvalue weighted by Crippen LogP contribution is -2.52. The van der Waals surface area contributed by atoms with Crippen molar-refractivity contribution in [3.8, 4) is 5.69 Å². The molecule has 2 aliphatic rings. The van der Waals surface area contributed by atoms with Crippen LogP contribution < -0.4 is 5.56 Å². The lowest BCUT2D eigenvalue weighted by Gasteiger charge is -2.42. The Kier molecular flexibility index (Phi) is 6.09. The van der Waals surface area contributed by atoms with E-state index in [0.29, 0.717) is 24.4 Å². The molecule has 1 amide bonds. The molecule has 2 aromatic heterocycles. The second-order valence-corrected chi connectivity index (χ2v) is 9.18. The zero-order valence-electron chi connectivity index (χ0n) is 18.7. The largest absolute Gasteiger partial charge is 0.388 e. The Morgan fingerprint density at radius 3 is 2.54 bits per heavy atom. The highest BCUT2D eigenvalue weighted by molar-refractivity contribution is 5.80. The fraction of sp³-hybridized carbons (Fsp3) is 0.478. The highest BCUT2D eigenvalue weighted by Crippen LogP contribution is 2.34. The molecule has 3 aromatic rings. The quantitative estimate of drug-likeness (QED) is 0.567. The van der Waals surface area contributed by atoms with Crippen LogP contribution in [0.4, 0.5) is 13.2 Å². The van der Waals surface area contributed by atoms with Crippen molar-refractivity contribution >= 4 is 16.9 Å². The normalized spacial score (nSPS) is 21.9. The van der Waals surface area contributed by atoms with Crippen molar-refractivity contribution < 1.29 is 27.8 Å². The van der Waals surface area contributed by atoms with E-state index in [-0.39, 0.29) is 60.8 Å². The second-order valence-electron chi connectivity index (χ2n) is 9.18. The molecule has 0 atom stereocenters. The lowest BCUT2D eigenvalue weighted by atomic mass is 9.80. The van der Waals surface area contributed by atoms with Gasteiger partial charge in [-0.15, -0.1) is 0 Å². The van der Waals surface area contributed by atoms with Gasteiger partial charge in [0, 0.05) is 19.0 Å². The zero-order chi connectivity index (χ0) is 24.7. The van der Waals surface area contributed by atoms with E-state index in [9.17, 15) is 27.9 Å². The number of nitrogens with zero attached hydrogens (tertiary/aromatic N) is 5. The summed E-state index contributed by atoms with van der Waals surface area (Å²) in [5.41, 5.74) is -0.695. The van der Waals surface area contributed by atoms with Crippen LogP contribution in [0.5, 0.6) is 0 Å². The molecular formula is C23H24F3N5O4. The number of carbonyl (C=O) groups excluding carboxylic acids is 1. The van der Waals surface area contributed by atoms with Crippen LogP contribution in [-0.4, -0.2) is 66.7 Å². The number of fused-ring (bicyclic) bond motifs is 1. The SMILES string of the molecule is O=C(C1CC(OC(F)F)C1)N1CCC(O)(Cn2cnc3c(cnn3-c3ccc(F)cc3)c2=O)CC1. The van der Waals surface area contributed by atoms with E-state index in [0.717, 1.165) is 0 Å². The zero-order valence-corrected chi connectivity index (χ0v) is 18.7. The van der Waals surface area contributed by atoms with Gasteiger partial charge < -0.3 is 14.7 Å². The molecule has 0 spiro atoms. The number of halogens is 3. The van der Waals surface area contributed by atoms with Gasteiger partial charge in [-0.25, -0.2) is 14.1 Å². The lowest BCUT2D eigenvalue weighted by molar-refractivity contribution is -0.196. The van der Waals surface area contributed by atoms with Crippen molar-refractivity contribution in [2.75, 3.05) is 13.1 Å². The van der Waals surface area contributed by atoms with Gasteiger partial charge in [0.15, 0.2) is 5.65 Å². The van der Waals surface area contributed by atoms with Crippen LogP contribution in [0.1, 0.15) is 25.7 Å². The molecule has 1 saturated carbocycles. The van der Waals surface area contributed by atoms with Gasteiger partial charge in [0.1, 0.15) is 17.5 Å². The molecule has 186 valence electrons. The number of piperidine rings is 1. The van der Waals surface area contributed by atoms with Crippen LogP contribution in [0.15, 0.2) is 41.6 Å². The highest BCUT2D eigenvalue weighted by atomic mass is 19.3. The summed E-state index contributed by atoms with van der Waals surface area (Å²) in [5.74, 6) is -0.842. The Bertz CT molecular complexity index is 1280. The Labute approximate surface area is 197 Å². The summed E-state index contributed by atoms with van der Waals surface area (Å²) in [5, 5.41) is 15.6. The molecule has 1 aromatic carbocycles. The first-order valence-corrected chi connectivity index (χ1v) is 11.4. The van der Waals surface area contributed by atoms with Gasteiger partial charge in [0.2, 0.25) is 5.91 Å². The average molecular weight is 491 g/mol. The van der Waals surface area contributed by atoms with Crippen molar-refractivity contribution in [3.05, 3.63) is 53.0 Å². The van der Waals surface area contributed by atoms with Crippen molar-refractivity contribution in [2.45, 2.75) is 50.5 Å². The number of carbonyl (C=O) groups is 1. The number of aromatic nitrogens is 4. The Morgan fingerprint density at radius 1 is 1.20 bits per heavy atom. The fourth-order valence-corrected chi connectivity index (χ4v) is 4.73. The number of benzene rings is 1. The van der Waals surface area contributed by atoms with Crippen molar-refractivity contribution in [2.24, 2.45) is 5.92 Å². The molecule has 1 saturated heterocycles. The number of likely N-dealkylation sites (tertiary alicyclic amines) is 1. The van der Waals surface area contributed by atoms with Gasteiger partial charge in [0.05, 0.1) is 30.1 Å². The van der Waals surface area contributed by atoms with E-state index in [2.05, 4.69) is 14.8 Å². The van der Waals surface area contributed by atoms with Crippen LogP contribution in [0.25, 0.3) is 16.7 Å². The van der Waals surface area contributed by atoms with Crippen LogP contribution in [0, 0.1) is 11.7 Å². The summed E-state index contributed by atoms with van der Waals surface area (Å²) in [7, 11) is 0. The maximum atomic E-state index is 13.2. The molecule has 2 fully saturated rings. The minimum Gasteiger partial charge on any atom is -0.388 e. The third-order valence-corrected chi connectivity index (χ3v) is 6.84. The van der Waals surface area contributed by atoms with Crippen molar-refractivity contribution in [1.29, 1.82) is 0 Å². The van der Waals surface area contributed by atoms with Crippen molar-refractivity contribution in [1.82, 2.24) is 24.2 Å². The minimum absolute atomic E-state index is 0.00621. The highest BCUT2D eigenvalue weighted by Gasteiger charge is 2.41. The average Bonchev–Trinajstić information content (AvgIpc) is 3.23. The van der Waals surface area contributed by atoms with E-state index in [1.165, 1.54) is 46.0 Å². The standard InChI is InChI=1S/C23H24F3N5O4/c24-15-1-3-16(4-2-15)31-19-18(11-28-31)21(33)30(13-27-19)12-23(34)5-7-29(8-6-23)20(32)14-9-17(10-14)35-22(25)26/h1-4,11,13-14,17,22,34H,5-10,12H2.